The number of fused-ring (bicyclic) bond motifs is 1. The topological polar surface area (TPSA) is 71.5 Å². The van der Waals surface area contributed by atoms with E-state index in [-0.39, 0.29) is 35.0 Å². The SMILES string of the molecule is CNC(=O)Cc1nccc2c1CN(C(C)c1ccc(OCC(C)(F)F)c(Cl)c1)C2=O. The van der Waals surface area contributed by atoms with E-state index in [4.69, 9.17) is 16.3 Å². The number of rotatable bonds is 7. The number of hydrogen-bond acceptors (Lipinski definition) is 4. The van der Waals surface area contributed by atoms with E-state index in [1.165, 1.54) is 12.3 Å². The molecule has 1 aliphatic heterocycles. The highest BCUT2D eigenvalue weighted by atomic mass is 35.5. The number of halogens is 3. The van der Waals surface area contributed by atoms with Crippen LogP contribution < -0.4 is 10.1 Å². The van der Waals surface area contributed by atoms with E-state index in [0.29, 0.717) is 17.8 Å². The summed E-state index contributed by atoms with van der Waals surface area (Å²) >= 11 is 6.21. The number of pyridine rings is 1. The summed E-state index contributed by atoms with van der Waals surface area (Å²) in [6.07, 6.45) is 1.62. The van der Waals surface area contributed by atoms with Crippen LogP contribution in [0.25, 0.3) is 0 Å². The van der Waals surface area contributed by atoms with Crippen LogP contribution in [0.2, 0.25) is 5.02 Å². The molecule has 30 heavy (non-hydrogen) atoms. The summed E-state index contributed by atoms with van der Waals surface area (Å²) in [6.45, 7) is 2.15. The maximum atomic E-state index is 13.0. The molecular weight excluding hydrogens is 416 g/mol. The van der Waals surface area contributed by atoms with Gasteiger partial charge >= 0.3 is 0 Å². The van der Waals surface area contributed by atoms with Crippen LogP contribution in [-0.4, -0.2) is 41.3 Å². The van der Waals surface area contributed by atoms with E-state index >= 15 is 0 Å². The van der Waals surface area contributed by atoms with Crippen LogP contribution in [0, 0.1) is 0 Å². The first kappa shape index (κ1) is 22.0. The van der Waals surface area contributed by atoms with Crippen LogP contribution in [0.15, 0.2) is 30.5 Å². The van der Waals surface area contributed by atoms with Gasteiger partial charge in [-0.15, -0.1) is 0 Å². The van der Waals surface area contributed by atoms with E-state index in [1.807, 2.05) is 6.92 Å². The van der Waals surface area contributed by atoms with Crippen LogP contribution in [0.4, 0.5) is 8.78 Å². The van der Waals surface area contributed by atoms with Gasteiger partial charge in [0.1, 0.15) is 5.75 Å². The quantitative estimate of drug-likeness (QED) is 0.715. The number of alkyl halides is 2. The summed E-state index contributed by atoms with van der Waals surface area (Å²) in [4.78, 5) is 30.6. The standard InChI is InChI=1S/C21H22ClF2N3O3/c1-12(13-4-5-18(16(22)8-13)30-11-21(2,23)24)27-10-15-14(20(27)29)6-7-26-17(15)9-19(28)25-3/h4-8,12H,9-11H2,1-3H3,(H,25,28). The molecule has 0 saturated carbocycles. The molecule has 0 spiro atoms. The molecule has 0 bridgehead atoms. The first-order valence-corrected chi connectivity index (χ1v) is 9.77. The van der Waals surface area contributed by atoms with E-state index in [1.54, 1.807) is 30.1 Å². The molecule has 2 heterocycles. The van der Waals surface area contributed by atoms with Crippen molar-refractivity contribution in [1.82, 2.24) is 15.2 Å². The predicted molar refractivity (Wildman–Crippen MR) is 108 cm³/mol. The van der Waals surface area contributed by atoms with Gasteiger partial charge in [0.25, 0.3) is 11.8 Å². The maximum absolute atomic E-state index is 13.0. The van der Waals surface area contributed by atoms with Gasteiger partial charge in [-0.05, 0) is 30.7 Å². The van der Waals surface area contributed by atoms with Crippen molar-refractivity contribution in [2.24, 2.45) is 0 Å². The lowest BCUT2D eigenvalue weighted by Crippen LogP contribution is -2.27. The van der Waals surface area contributed by atoms with Gasteiger partial charge in [-0.25, -0.2) is 8.78 Å². The Morgan fingerprint density at radius 2 is 2.13 bits per heavy atom. The minimum absolute atomic E-state index is 0.0924. The van der Waals surface area contributed by atoms with Gasteiger partial charge in [0, 0.05) is 37.8 Å². The van der Waals surface area contributed by atoms with Gasteiger partial charge in [-0.3, -0.25) is 14.6 Å². The van der Waals surface area contributed by atoms with Crippen LogP contribution >= 0.6 is 11.6 Å². The van der Waals surface area contributed by atoms with E-state index in [9.17, 15) is 18.4 Å². The van der Waals surface area contributed by atoms with Gasteiger partial charge < -0.3 is 15.0 Å². The van der Waals surface area contributed by atoms with Crippen molar-refractivity contribution in [3.8, 4) is 5.75 Å². The molecule has 0 fully saturated rings. The van der Waals surface area contributed by atoms with Crippen molar-refractivity contribution < 1.29 is 23.1 Å². The zero-order valence-corrected chi connectivity index (χ0v) is 17.6. The average molecular weight is 438 g/mol. The third-order valence-electron chi connectivity index (χ3n) is 4.96. The Hall–Kier alpha value is -2.74. The summed E-state index contributed by atoms with van der Waals surface area (Å²) in [5.74, 6) is -3.17. The summed E-state index contributed by atoms with van der Waals surface area (Å²) < 4.78 is 31.1. The number of nitrogens with one attached hydrogen (secondary N) is 1. The van der Waals surface area contributed by atoms with Crippen molar-refractivity contribution in [3.63, 3.8) is 0 Å². The van der Waals surface area contributed by atoms with Crippen molar-refractivity contribution in [3.05, 3.63) is 57.9 Å². The van der Waals surface area contributed by atoms with Gasteiger partial charge in [0.2, 0.25) is 5.91 Å². The molecule has 1 unspecified atom stereocenters. The monoisotopic (exact) mass is 437 g/mol. The van der Waals surface area contributed by atoms with Gasteiger partial charge in [-0.1, -0.05) is 17.7 Å². The van der Waals surface area contributed by atoms with Gasteiger partial charge in [0.15, 0.2) is 6.61 Å². The fourth-order valence-corrected chi connectivity index (χ4v) is 3.54. The summed E-state index contributed by atoms with van der Waals surface area (Å²) in [6, 6.07) is 6.13. The Morgan fingerprint density at radius 1 is 1.40 bits per heavy atom. The van der Waals surface area contributed by atoms with Gasteiger partial charge in [0.05, 0.1) is 23.2 Å². The number of nitrogens with zero attached hydrogens (tertiary/aromatic N) is 2. The summed E-state index contributed by atoms with van der Waals surface area (Å²) in [7, 11) is 1.55. The second-order valence-corrected chi connectivity index (χ2v) is 7.70. The fourth-order valence-electron chi connectivity index (χ4n) is 3.29. The largest absolute Gasteiger partial charge is 0.486 e. The van der Waals surface area contributed by atoms with Crippen molar-refractivity contribution in [2.75, 3.05) is 13.7 Å². The minimum atomic E-state index is -2.97. The molecule has 6 nitrogen and oxygen atoms in total. The number of hydrogen-bond donors (Lipinski definition) is 1. The normalized spacial score (nSPS) is 14.5. The number of likely N-dealkylation sites (N-methyl/N-ethyl adjacent to an activating group) is 1. The number of amides is 2. The molecule has 1 atom stereocenters. The molecule has 160 valence electrons. The fraction of sp³-hybridized carbons (Fsp3) is 0.381. The lowest BCUT2D eigenvalue weighted by Gasteiger charge is -2.25. The lowest BCUT2D eigenvalue weighted by atomic mass is 10.1. The first-order chi connectivity index (χ1) is 14.1. The molecular formula is C21H22ClF2N3O3. The van der Waals surface area contributed by atoms with Crippen molar-refractivity contribution >= 4 is 23.4 Å². The second kappa shape index (κ2) is 8.55. The summed E-state index contributed by atoms with van der Waals surface area (Å²) in [5.41, 5.74) is 2.55. The smallest absolute Gasteiger partial charge is 0.278 e. The average Bonchev–Trinajstić information content (AvgIpc) is 3.03. The molecule has 0 aliphatic carbocycles. The molecule has 2 aromatic rings. The van der Waals surface area contributed by atoms with Crippen LogP contribution in [-0.2, 0) is 17.8 Å². The Balaban J connectivity index is 1.80. The first-order valence-electron chi connectivity index (χ1n) is 9.39. The molecule has 0 radical (unpaired) electrons. The molecule has 1 aromatic carbocycles. The Morgan fingerprint density at radius 3 is 2.77 bits per heavy atom. The van der Waals surface area contributed by atoms with Crippen LogP contribution in [0.5, 0.6) is 5.75 Å². The predicted octanol–water partition coefficient (Wildman–Crippen LogP) is 3.77. The molecule has 2 amide bonds. The molecule has 3 rings (SSSR count). The number of carbonyl (C=O) groups excluding carboxylic acids is 2. The van der Waals surface area contributed by atoms with Crippen LogP contribution in [0.1, 0.15) is 47.1 Å². The number of carbonyl (C=O) groups is 2. The molecule has 9 heteroatoms. The van der Waals surface area contributed by atoms with E-state index in [0.717, 1.165) is 18.1 Å². The Bertz CT molecular complexity index is 978. The maximum Gasteiger partial charge on any atom is 0.278 e. The Labute approximate surface area is 178 Å². The lowest BCUT2D eigenvalue weighted by molar-refractivity contribution is -0.120. The molecule has 0 saturated heterocycles. The number of aromatic nitrogens is 1. The van der Waals surface area contributed by atoms with E-state index < -0.39 is 12.5 Å². The molecule has 1 aromatic heterocycles. The minimum Gasteiger partial charge on any atom is -0.486 e. The van der Waals surface area contributed by atoms with E-state index in [2.05, 4.69) is 10.3 Å². The third-order valence-corrected chi connectivity index (χ3v) is 5.25. The molecule has 1 N–H and O–H groups in total. The highest BCUT2D eigenvalue weighted by Crippen LogP contribution is 2.35. The highest BCUT2D eigenvalue weighted by Gasteiger charge is 2.34. The number of benzene rings is 1. The number of ether oxygens (including phenoxy) is 1. The van der Waals surface area contributed by atoms with Crippen LogP contribution in [0.3, 0.4) is 0 Å². The van der Waals surface area contributed by atoms with Crippen molar-refractivity contribution in [2.45, 2.75) is 38.8 Å². The second-order valence-electron chi connectivity index (χ2n) is 7.29. The Kier molecular flexibility index (Phi) is 6.26. The zero-order chi connectivity index (χ0) is 22.1. The van der Waals surface area contributed by atoms with Gasteiger partial charge in [-0.2, -0.15) is 0 Å². The molecule has 1 aliphatic rings. The summed E-state index contributed by atoms with van der Waals surface area (Å²) in [5, 5.41) is 2.75. The highest BCUT2D eigenvalue weighted by molar-refractivity contribution is 6.32. The van der Waals surface area contributed by atoms with Crippen molar-refractivity contribution in [1.29, 1.82) is 0 Å². The zero-order valence-electron chi connectivity index (χ0n) is 16.8. The third kappa shape index (κ3) is 4.70.